The van der Waals surface area contributed by atoms with Crippen LogP contribution in [-0.2, 0) is 4.79 Å². The largest absolute Gasteiger partial charge is 0.393 e. The monoisotopic (exact) mass is 1490 g/mol. The van der Waals surface area contributed by atoms with E-state index in [1.54, 1.807) is 5.57 Å². The quantitative estimate of drug-likeness (QED) is 0.111. The van der Waals surface area contributed by atoms with Crippen LogP contribution < -0.4 is 0 Å². The van der Waals surface area contributed by atoms with Crippen molar-refractivity contribution in [2.45, 2.75) is 486 Å². The molecule has 626 valence electrons. The maximum atomic E-state index is 11.4. The lowest BCUT2D eigenvalue weighted by Crippen LogP contribution is -2.47. The maximum absolute atomic E-state index is 11.4. The molecule has 11 heteroatoms. The molecule has 0 saturated heterocycles. The Kier molecular flexibility index (Phi) is 42.8. The van der Waals surface area contributed by atoms with Gasteiger partial charge in [-0.05, 0) is 272 Å². The van der Waals surface area contributed by atoms with E-state index < -0.39 is 5.60 Å². The number of carbonyl (C=O) groups excluding carboxylic acids is 1. The standard InChI is InChI=1S/C14H28O2.C10H20O2.C10H20O.C10H18O.3C10H20O.C10H18O.C10H20O/c1-13(2,3)9-7-12(16)10(8-11(9)15)14(4,5)6;1-9(2,3)10(12)6-4-8(11)5-7-10;1-10(2,3)8-4-6-9(11)7-5-8;1-8(2)9-4-6-10(3,11)7-5-9;1-7(2)9-5-4-8(3)10(11)6-9;3*1-10(2,3)8-6-4-5-7-9(8)11;1-9(2,3)10(11)7-5-4-6-8-10/h9-12,15-16H,7-8H2,1-6H3;8,11-12H,4-7H2,1-3H3;8-9,11H,4-7H2,1-3H3;11H,4-7H2,1-3H3;7-11H,4-6H2,1-3H3;2*8-9,11H,4-7H2,1-3H3;8H,4-7H2,1-3H3;11H,4-8H2,1-3H3. The zero-order valence-corrected chi connectivity index (χ0v) is 75.2. The zero-order chi connectivity index (χ0) is 81.5. The van der Waals surface area contributed by atoms with Gasteiger partial charge in [0, 0.05) is 12.3 Å². The SMILES string of the molecule is CC(C)(C)C1(O)CCC(O)CC1.CC(C)(C)C1(O)CCCCC1.CC(C)(C)C1CC(O)C(C(C)(C)C)CC1O.CC(C)(C)C1CCC(O)CC1.CC(C)(C)C1CCCCC1=O.CC(C)(C)C1CCCCC1O.CC(C)(C)C1CCCCC1O.CC(C)=C1CCC(C)(O)CC1.CC(C)C1CCC(C)C(O)C1. The van der Waals surface area contributed by atoms with Crippen molar-refractivity contribution < 1.29 is 55.9 Å². The molecule has 12 atom stereocenters. The van der Waals surface area contributed by atoms with Crippen molar-refractivity contribution in [3.8, 4) is 0 Å². The second-order valence-electron chi connectivity index (χ2n) is 45.0. The maximum Gasteiger partial charge on any atom is 0.136 e. The Hall–Kier alpha value is -0.990. The molecule has 0 bridgehead atoms. The van der Waals surface area contributed by atoms with Gasteiger partial charge >= 0.3 is 0 Å². The molecule has 9 aliphatic rings. The van der Waals surface area contributed by atoms with Gasteiger partial charge < -0.3 is 51.1 Å². The van der Waals surface area contributed by atoms with Gasteiger partial charge in [-0.15, -0.1) is 0 Å². The first-order valence-electron chi connectivity index (χ1n) is 43.6. The Balaban J connectivity index is 0.000000592. The molecule has 10 N–H and O–H groups in total. The molecular formula is C94H184O11. The van der Waals surface area contributed by atoms with Gasteiger partial charge in [0.15, 0.2) is 0 Å². The van der Waals surface area contributed by atoms with Crippen LogP contribution in [0.15, 0.2) is 11.1 Å². The third-order valence-corrected chi connectivity index (χ3v) is 27.4. The van der Waals surface area contributed by atoms with Crippen LogP contribution in [0.3, 0.4) is 0 Å². The van der Waals surface area contributed by atoms with E-state index >= 15 is 0 Å². The van der Waals surface area contributed by atoms with Gasteiger partial charge in [0.05, 0.1) is 59.5 Å². The first-order chi connectivity index (χ1) is 47.5. The molecule has 0 aromatic rings. The Morgan fingerprint density at radius 2 is 0.733 bits per heavy atom. The summed E-state index contributed by atoms with van der Waals surface area (Å²) in [4.78, 5) is 11.4. The molecule has 0 aliphatic heterocycles. The molecule has 9 rings (SSSR count). The van der Waals surface area contributed by atoms with Crippen molar-refractivity contribution in [1.82, 2.24) is 0 Å². The third kappa shape index (κ3) is 37.7. The summed E-state index contributed by atoms with van der Waals surface area (Å²) in [5.74, 6) is 5.16. The number of ketones is 1. The minimum absolute atomic E-state index is 0.00593. The smallest absolute Gasteiger partial charge is 0.136 e. The van der Waals surface area contributed by atoms with E-state index in [9.17, 15) is 55.9 Å². The Morgan fingerprint density at radius 1 is 0.362 bits per heavy atom. The van der Waals surface area contributed by atoms with Crippen LogP contribution in [0.2, 0.25) is 0 Å². The predicted molar refractivity (Wildman–Crippen MR) is 447 cm³/mol. The Labute approximate surface area is 651 Å². The van der Waals surface area contributed by atoms with Gasteiger partial charge in [-0.1, -0.05) is 249 Å². The molecule has 9 saturated carbocycles. The van der Waals surface area contributed by atoms with Crippen molar-refractivity contribution >= 4 is 5.78 Å². The highest BCUT2D eigenvalue weighted by Crippen LogP contribution is 2.48. The highest BCUT2D eigenvalue weighted by atomic mass is 16.3. The fourth-order valence-electron chi connectivity index (χ4n) is 18.4. The fraction of sp³-hybridized carbons (Fsp3) is 0.968. The molecule has 0 amide bonds. The van der Waals surface area contributed by atoms with Gasteiger partial charge in [0.2, 0.25) is 0 Å². The van der Waals surface area contributed by atoms with Crippen molar-refractivity contribution in [3.05, 3.63) is 11.1 Å². The number of rotatable bonds is 1. The first-order valence-corrected chi connectivity index (χ1v) is 43.6. The lowest BCUT2D eigenvalue weighted by molar-refractivity contribution is -0.128. The van der Waals surface area contributed by atoms with Crippen LogP contribution in [0.4, 0.5) is 0 Å². The molecule has 9 aliphatic carbocycles. The number of allylic oxidation sites excluding steroid dienone is 2. The molecule has 0 aromatic carbocycles. The molecule has 0 spiro atoms. The summed E-state index contributed by atoms with van der Waals surface area (Å²) in [6.07, 6.45) is 35.1. The molecule has 0 heterocycles. The highest BCUT2D eigenvalue weighted by molar-refractivity contribution is 5.82. The Morgan fingerprint density at radius 3 is 1.03 bits per heavy atom. The number of hydrogen-bond acceptors (Lipinski definition) is 11. The van der Waals surface area contributed by atoms with Crippen molar-refractivity contribution in [2.75, 3.05) is 0 Å². The second kappa shape index (κ2) is 44.0. The second-order valence-corrected chi connectivity index (χ2v) is 45.0. The minimum Gasteiger partial charge on any atom is -0.393 e. The summed E-state index contributed by atoms with van der Waals surface area (Å²) in [5.41, 5.74) is 3.03. The molecular weight excluding hydrogens is 1310 g/mol. The van der Waals surface area contributed by atoms with E-state index in [4.69, 9.17) is 0 Å². The summed E-state index contributed by atoms with van der Waals surface area (Å²) in [6, 6.07) is 0. The van der Waals surface area contributed by atoms with Gasteiger partial charge in [-0.25, -0.2) is 0 Å². The average molecular weight is 1490 g/mol. The lowest BCUT2D eigenvalue weighted by atomic mass is 9.62. The van der Waals surface area contributed by atoms with Crippen molar-refractivity contribution in [1.29, 1.82) is 0 Å². The molecule has 11 nitrogen and oxygen atoms in total. The van der Waals surface area contributed by atoms with E-state index in [1.165, 1.54) is 95.5 Å². The molecule has 0 aromatic heterocycles. The van der Waals surface area contributed by atoms with Gasteiger partial charge in [-0.2, -0.15) is 0 Å². The van der Waals surface area contributed by atoms with Crippen LogP contribution in [0, 0.1) is 96.6 Å². The van der Waals surface area contributed by atoms with Gasteiger partial charge in [-0.3, -0.25) is 4.79 Å². The fourth-order valence-corrected chi connectivity index (χ4v) is 18.4. The number of Topliss-reactive ketones (excluding diaryl/α,β-unsaturated/α-hetero) is 1. The molecule has 105 heavy (non-hydrogen) atoms. The van der Waals surface area contributed by atoms with Gasteiger partial charge in [0.1, 0.15) is 5.78 Å². The van der Waals surface area contributed by atoms with E-state index in [1.807, 2.05) is 6.92 Å². The average Bonchev–Trinajstić information content (AvgIpc) is 0.804. The molecule has 12 unspecified atom stereocenters. The summed E-state index contributed by atoms with van der Waals surface area (Å²) in [6.45, 7) is 65.2. The van der Waals surface area contributed by atoms with Crippen molar-refractivity contribution in [2.24, 2.45) is 96.6 Å². The number of hydrogen-bond donors (Lipinski definition) is 10. The highest BCUT2D eigenvalue weighted by Gasteiger charge is 2.46. The van der Waals surface area contributed by atoms with E-state index in [0.29, 0.717) is 45.7 Å². The third-order valence-electron chi connectivity index (χ3n) is 27.4. The normalized spacial score (nSPS) is 33.7. The first kappa shape index (κ1) is 102. The van der Waals surface area contributed by atoms with Crippen molar-refractivity contribution in [3.63, 3.8) is 0 Å². The van der Waals surface area contributed by atoms with Gasteiger partial charge in [0.25, 0.3) is 0 Å². The number of aliphatic hydroxyl groups is 10. The number of aliphatic hydroxyl groups excluding tert-OH is 7. The topological polar surface area (TPSA) is 219 Å². The molecule has 0 radical (unpaired) electrons. The minimum atomic E-state index is -0.563. The van der Waals surface area contributed by atoms with E-state index in [-0.39, 0.29) is 92.8 Å². The van der Waals surface area contributed by atoms with Crippen LogP contribution in [0.1, 0.15) is 426 Å². The molecule has 9 fully saturated rings. The van der Waals surface area contributed by atoms with Crippen LogP contribution in [0.25, 0.3) is 0 Å². The zero-order valence-electron chi connectivity index (χ0n) is 75.2. The van der Waals surface area contributed by atoms with Crippen LogP contribution in [0.5, 0.6) is 0 Å². The number of carbonyl (C=O) groups is 1. The van der Waals surface area contributed by atoms with Crippen LogP contribution >= 0.6 is 0 Å². The van der Waals surface area contributed by atoms with E-state index in [2.05, 4.69) is 201 Å². The summed E-state index contributed by atoms with van der Waals surface area (Å²) in [7, 11) is 0. The Bertz CT molecular complexity index is 2290. The predicted octanol–water partition coefficient (Wildman–Crippen LogP) is 22.9. The summed E-state index contributed by atoms with van der Waals surface area (Å²) in [5, 5.41) is 98.2. The summed E-state index contributed by atoms with van der Waals surface area (Å²) >= 11 is 0. The lowest BCUT2D eigenvalue weighted by Gasteiger charge is -2.47. The van der Waals surface area contributed by atoms with E-state index in [0.717, 1.165) is 146 Å². The summed E-state index contributed by atoms with van der Waals surface area (Å²) < 4.78 is 0. The van der Waals surface area contributed by atoms with Crippen LogP contribution in [-0.4, -0.2) is 116 Å².